The van der Waals surface area contributed by atoms with Crippen LogP contribution >= 0.6 is 0 Å². The van der Waals surface area contributed by atoms with Crippen molar-refractivity contribution in [2.45, 2.75) is 44.1 Å². The molecule has 0 aromatic carbocycles. The van der Waals surface area contributed by atoms with Crippen molar-refractivity contribution in [2.24, 2.45) is 17.8 Å². The maximum absolute atomic E-state index is 12.1. The van der Waals surface area contributed by atoms with Gasteiger partial charge in [-0.25, -0.2) is 4.79 Å². The lowest BCUT2D eigenvalue weighted by atomic mass is 9.53. The summed E-state index contributed by atoms with van der Waals surface area (Å²) in [5, 5.41) is 6.36. The van der Waals surface area contributed by atoms with Crippen LogP contribution in [0, 0.1) is 17.8 Å². The molecule has 0 aliphatic heterocycles. The van der Waals surface area contributed by atoms with E-state index in [0.717, 1.165) is 30.8 Å². The van der Waals surface area contributed by atoms with E-state index in [9.17, 15) is 4.79 Å². The predicted octanol–water partition coefficient (Wildman–Crippen LogP) is 0.399. The molecule has 0 saturated heterocycles. The number of rotatable bonds is 4. The standard InChI is InChI=1S/C15H27N3O/c1-18(2)4-3-16-14(19)17-15-8-11-5-12(9-15)7-13(6-11)10-15/h11-13H,3-10H2,1-2H3,(H2,16,17,19)/p+1. The largest absolute Gasteiger partial charge is 0.338 e. The van der Waals surface area contributed by atoms with E-state index >= 15 is 0 Å². The Morgan fingerprint density at radius 1 is 1.11 bits per heavy atom. The van der Waals surface area contributed by atoms with Gasteiger partial charge in [0.05, 0.1) is 27.2 Å². The number of quaternary nitrogens is 1. The van der Waals surface area contributed by atoms with E-state index < -0.39 is 0 Å². The lowest BCUT2D eigenvalue weighted by Crippen LogP contribution is -3.06. The molecule has 3 N–H and O–H groups in total. The van der Waals surface area contributed by atoms with Gasteiger partial charge in [0.25, 0.3) is 0 Å². The lowest BCUT2D eigenvalue weighted by Gasteiger charge is -2.56. The minimum absolute atomic E-state index is 0.0585. The molecule has 4 fully saturated rings. The van der Waals surface area contributed by atoms with Gasteiger partial charge in [-0.05, 0) is 56.3 Å². The van der Waals surface area contributed by atoms with Gasteiger partial charge in [0.1, 0.15) is 0 Å². The summed E-state index contributed by atoms with van der Waals surface area (Å²) in [5.74, 6) is 2.66. The quantitative estimate of drug-likeness (QED) is 0.678. The molecule has 0 atom stereocenters. The van der Waals surface area contributed by atoms with Gasteiger partial charge in [-0.1, -0.05) is 0 Å². The molecule has 0 aromatic rings. The minimum atomic E-state index is 0.0585. The molecule has 0 heterocycles. The molecule has 0 aromatic heterocycles. The number of urea groups is 1. The zero-order chi connectivity index (χ0) is 13.5. The van der Waals surface area contributed by atoms with Gasteiger partial charge < -0.3 is 15.5 Å². The highest BCUT2D eigenvalue weighted by Gasteiger charge is 2.51. The normalized spacial score (nSPS) is 39.6. The van der Waals surface area contributed by atoms with Crippen LogP contribution in [0.1, 0.15) is 38.5 Å². The number of amides is 2. The number of carbonyl (C=O) groups is 1. The Morgan fingerprint density at radius 3 is 2.11 bits per heavy atom. The Bertz CT molecular complexity index is 318. The Labute approximate surface area is 116 Å². The molecule has 0 radical (unpaired) electrons. The summed E-state index contributed by atoms with van der Waals surface area (Å²) in [6, 6.07) is 0.0585. The van der Waals surface area contributed by atoms with Gasteiger partial charge >= 0.3 is 6.03 Å². The molecule has 4 bridgehead atoms. The van der Waals surface area contributed by atoms with Crippen LogP contribution in [0.5, 0.6) is 0 Å². The van der Waals surface area contributed by atoms with Crippen molar-refractivity contribution in [3.63, 3.8) is 0 Å². The van der Waals surface area contributed by atoms with Gasteiger partial charge in [0.15, 0.2) is 0 Å². The Kier molecular flexibility index (Phi) is 3.46. The fourth-order valence-electron chi connectivity index (χ4n) is 4.97. The summed E-state index contributed by atoms with van der Waals surface area (Å²) in [6.07, 6.45) is 7.95. The Balaban J connectivity index is 1.53. The van der Waals surface area contributed by atoms with Gasteiger partial charge in [-0.2, -0.15) is 0 Å². The molecule has 4 aliphatic carbocycles. The van der Waals surface area contributed by atoms with Gasteiger partial charge in [-0.3, -0.25) is 0 Å². The van der Waals surface area contributed by atoms with Crippen molar-refractivity contribution >= 4 is 6.03 Å². The lowest BCUT2D eigenvalue weighted by molar-refractivity contribution is -0.856. The summed E-state index contributed by atoms with van der Waals surface area (Å²) >= 11 is 0. The second-order valence-corrected chi connectivity index (χ2v) is 7.54. The number of nitrogens with one attached hydrogen (secondary N) is 3. The first-order valence-corrected chi connectivity index (χ1v) is 7.90. The van der Waals surface area contributed by atoms with Crippen molar-refractivity contribution in [2.75, 3.05) is 27.2 Å². The van der Waals surface area contributed by atoms with Crippen molar-refractivity contribution in [3.05, 3.63) is 0 Å². The van der Waals surface area contributed by atoms with Gasteiger partial charge in [0.2, 0.25) is 0 Å². The topological polar surface area (TPSA) is 45.6 Å². The zero-order valence-electron chi connectivity index (χ0n) is 12.3. The fraction of sp³-hybridized carbons (Fsp3) is 0.933. The van der Waals surface area contributed by atoms with Crippen LogP contribution in [0.2, 0.25) is 0 Å². The molecule has 0 unspecified atom stereocenters. The van der Waals surface area contributed by atoms with E-state index in [-0.39, 0.29) is 11.6 Å². The summed E-state index contributed by atoms with van der Waals surface area (Å²) in [5.41, 5.74) is 0.143. The van der Waals surface area contributed by atoms with Crippen molar-refractivity contribution in [1.82, 2.24) is 10.6 Å². The number of likely N-dealkylation sites (N-methyl/N-ethyl adjacent to an activating group) is 1. The van der Waals surface area contributed by atoms with Crippen LogP contribution in [0.3, 0.4) is 0 Å². The van der Waals surface area contributed by atoms with E-state index in [1.54, 1.807) is 0 Å². The fourth-order valence-corrected chi connectivity index (χ4v) is 4.97. The maximum Gasteiger partial charge on any atom is 0.315 e. The predicted molar refractivity (Wildman–Crippen MR) is 75.1 cm³/mol. The highest BCUT2D eigenvalue weighted by atomic mass is 16.2. The SMILES string of the molecule is C[NH+](C)CCNC(=O)NC12CC3CC(CC(C3)C1)C2. The summed E-state index contributed by atoms with van der Waals surface area (Å²) in [7, 11) is 4.22. The van der Waals surface area contributed by atoms with E-state index in [1.807, 2.05) is 0 Å². The van der Waals surface area contributed by atoms with Crippen LogP contribution in [-0.2, 0) is 0 Å². The van der Waals surface area contributed by atoms with E-state index in [2.05, 4.69) is 24.7 Å². The van der Waals surface area contributed by atoms with E-state index in [0.29, 0.717) is 0 Å². The first-order valence-electron chi connectivity index (χ1n) is 7.90. The molecule has 4 saturated carbocycles. The van der Waals surface area contributed by atoms with Crippen molar-refractivity contribution < 1.29 is 9.69 Å². The Morgan fingerprint density at radius 2 is 1.63 bits per heavy atom. The highest BCUT2D eigenvalue weighted by molar-refractivity contribution is 5.74. The third-order valence-electron chi connectivity index (χ3n) is 5.33. The number of hydrogen-bond acceptors (Lipinski definition) is 1. The number of hydrogen-bond donors (Lipinski definition) is 3. The van der Waals surface area contributed by atoms with Gasteiger partial charge in [0, 0.05) is 5.54 Å². The summed E-state index contributed by atoms with van der Waals surface area (Å²) in [6.45, 7) is 1.74. The maximum atomic E-state index is 12.1. The van der Waals surface area contributed by atoms with Gasteiger partial charge in [-0.15, -0.1) is 0 Å². The molecular weight excluding hydrogens is 238 g/mol. The zero-order valence-corrected chi connectivity index (χ0v) is 12.3. The number of carbonyl (C=O) groups excluding carboxylic acids is 1. The van der Waals surface area contributed by atoms with Crippen LogP contribution in [-0.4, -0.2) is 38.8 Å². The van der Waals surface area contributed by atoms with Crippen molar-refractivity contribution in [1.29, 1.82) is 0 Å². The highest BCUT2D eigenvalue weighted by Crippen LogP contribution is 2.55. The Hall–Kier alpha value is -0.770. The minimum Gasteiger partial charge on any atom is -0.338 e. The third-order valence-corrected chi connectivity index (χ3v) is 5.33. The molecule has 4 heteroatoms. The van der Waals surface area contributed by atoms with E-state index in [1.165, 1.54) is 43.4 Å². The first-order chi connectivity index (χ1) is 9.05. The molecule has 4 nitrogen and oxygen atoms in total. The molecule has 19 heavy (non-hydrogen) atoms. The molecule has 0 spiro atoms. The molecule has 4 rings (SSSR count). The molecule has 2 amide bonds. The molecule has 108 valence electrons. The van der Waals surface area contributed by atoms with E-state index in [4.69, 9.17) is 0 Å². The first kappa shape index (κ1) is 13.2. The summed E-state index contributed by atoms with van der Waals surface area (Å²) < 4.78 is 0. The van der Waals surface area contributed by atoms with Crippen molar-refractivity contribution in [3.8, 4) is 0 Å². The molecular formula is C15H28N3O+. The van der Waals surface area contributed by atoms with Crippen LogP contribution < -0.4 is 15.5 Å². The summed E-state index contributed by atoms with van der Waals surface area (Å²) in [4.78, 5) is 13.4. The smallest absolute Gasteiger partial charge is 0.315 e. The second kappa shape index (κ2) is 4.97. The average Bonchev–Trinajstić information content (AvgIpc) is 2.25. The van der Waals surface area contributed by atoms with Crippen LogP contribution in [0.4, 0.5) is 4.79 Å². The average molecular weight is 266 g/mol. The molecule has 4 aliphatic rings. The van der Waals surface area contributed by atoms with Crippen LogP contribution in [0.15, 0.2) is 0 Å². The van der Waals surface area contributed by atoms with Crippen LogP contribution in [0.25, 0.3) is 0 Å². The third kappa shape index (κ3) is 2.88. The monoisotopic (exact) mass is 266 g/mol. The second-order valence-electron chi connectivity index (χ2n) is 7.54.